The first-order valence-electron chi connectivity index (χ1n) is 7.42. The molecule has 4 rings (SSSR count). The van der Waals surface area contributed by atoms with Gasteiger partial charge in [0.25, 0.3) is 0 Å². The lowest BCUT2D eigenvalue weighted by molar-refractivity contribution is 0.174. The highest BCUT2D eigenvalue weighted by molar-refractivity contribution is 7.92. The highest BCUT2D eigenvalue weighted by Gasteiger charge is 2.58. The third-order valence-electron chi connectivity index (χ3n) is 4.52. The molecule has 2 aliphatic rings. The molecule has 1 aliphatic heterocycles. The summed E-state index contributed by atoms with van der Waals surface area (Å²) in [6.07, 6.45) is 0. The average molecular weight is 332 g/mol. The van der Waals surface area contributed by atoms with Crippen LogP contribution in [0.15, 0.2) is 53.4 Å². The van der Waals surface area contributed by atoms with Crippen LogP contribution in [0.3, 0.4) is 0 Å². The number of ether oxygens (including phenoxy) is 2. The van der Waals surface area contributed by atoms with Gasteiger partial charge in [0.1, 0.15) is 0 Å². The topological polar surface area (TPSA) is 72.8 Å². The lowest BCUT2D eigenvalue weighted by atomic mass is 10.1. The molecule has 1 saturated carbocycles. The van der Waals surface area contributed by atoms with E-state index in [1.165, 1.54) is 0 Å². The van der Waals surface area contributed by atoms with E-state index in [1.54, 1.807) is 36.4 Å². The van der Waals surface area contributed by atoms with Gasteiger partial charge in [-0.2, -0.15) is 0 Å². The van der Waals surface area contributed by atoms with E-state index in [9.17, 15) is 13.5 Å². The molecule has 120 valence electrons. The van der Waals surface area contributed by atoms with E-state index < -0.39 is 15.1 Å². The molecule has 5 nitrogen and oxygen atoms in total. The molecular weight excluding hydrogens is 316 g/mol. The number of sulfone groups is 1. The van der Waals surface area contributed by atoms with E-state index in [4.69, 9.17) is 9.47 Å². The Kier molecular flexibility index (Phi) is 3.32. The lowest BCUT2D eigenvalue weighted by Crippen LogP contribution is -2.11. The van der Waals surface area contributed by atoms with Gasteiger partial charge >= 0.3 is 0 Å². The fourth-order valence-corrected chi connectivity index (χ4v) is 5.53. The Morgan fingerprint density at radius 3 is 2.52 bits per heavy atom. The van der Waals surface area contributed by atoms with Crippen LogP contribution in [0.25, 0.3) is 0 Å². The van der Waals surface area contributed by atoms with E-state index in [1.807, 2.05) is 12.1 Å². The molecule has 1 N–H and O–H groups in total. The normalized spacial score (nSPS) is 25.3. The van der Waals surface area contributed by atoms with Crippen molar-refractivity contribution in [3.05, 3.63) is 54.1 Å². The average Bonchev–Trinajstić information content (AvgIpc) is 3.15. The molecule has 1 aliphatic carbocycles. The molecule has 0 bridgehead atoms. The molecule has 0 spiro atoms. The second-order valence-electron chi connectivity index (χ2n) is 5.81. The van der Waals surface area contributed by atoms with Gasteiger partial charge < -0.3 is 14.6 Å². The number of rotatable bonds is 4. The molecule has 3 atom stereocenters. The summed E-state index contributed by atoms with van der Waals surface area (Å²) in [6, 6.07) is 13.8. The molecule has 0 amide bonds. The molecule has 1 fully saturated rings. The van der Waals surface area contributed by atoms with Crippen LogP contribution >= 0.6 is 0 Å². The zero-order valence-electron chi connectivity index (χ0n) is 12.3. The van der Waals surface area contributed by atoms with Crippen LogP contribution in [0.2, 0.25) is 0 Å². The summed E-state index contributed by atoms with van der Waals surface area (Å²) in [5.41, 5.74) is 0.859. The third kappa shape index (κ3) is 2.29. The van der Waals surface area contributed by atoms with Crippen molar-refractivity contribution in [3.8, 4) is 11.5 Å². The maximum atomic E-state index is 12.8. The number of aliphatic hydroxyl groups is 1. The van der Waals surface area contributed by atoms with Crippen LogP contribution in [-0.2, 0) is 9.84 Å². The fraction of sp³-hybridized carbons (Fsp3) is 0.294. The summed E-state index contributed by atoms with van der Waals surface area (Å²) >= 11 is 0. The predicted molar refractivity (Wildman–Crippen MR) is 83.3 cm³/mol. The van der Waals surface area contributed by atoms with Gasteiger partial charge in [-0.25, -0.2) is 8.42 Å². The zero-order chi connectivity index (χ0) is 16.0. The van der Waals surface area contributed by atoms with Crippen molar-refractivity contribution in [2.75, 3.05) is 13.4 Å². The predicted octanol–water partition coefficient (Wildman–Crippen LogP) is 1.96. The molecule has 0 aromatic heterocycles. The van der Waals surface area contributed by atoms with E-state index in [0.29, 0.717) is 16.4 Å². The minimum atomic E-state index is -3.47. The zero-order valence-corrected chi connectivity index (χ0v) is 13.1. The number of hydrogen-bond acceptors (Lipinski definition) is 5. The van der Waals surface area contributed by atoms with Gasteiger partial charge in [-0.3, -0.25) is 0 Å². The van der Waals surface area contributed by atoms with Crippen LogP contribution in [0.1, 0.15) is 11.5 Å². The van der Waals surface area contributed by atoms with Crippen LogP contribution in [0.5, 0.6) is 11.5 Å². The highest BCUT2D eigenvalue weighted by atomic mass is 32.2. The van der Waals surface area contributed by atoms with Gasteiger partial charge in [-0.1, -0.05) is 24.3 Å². The molecule has 2 aromatic carbocycles. The lowest BCUT2D eigenvalue weighted by Gasteiger charge is -2.05. The fourth-order valence-electron chi connectivity index (χ4n) is 3.31. The molecular formula is C17H16O5S. The Bertz CT molecular complexity index is 831. The first-order chi connectivity index (χ1) is 11.1. The minimum absolute atomic E-state index is 0.157. The van der Waals surface area contributed by atoms with Gasteiger partial charge in [0, 0.05) is 18.4 Å². The Morgan fingerprint density at radius 1 is 1.04 bits per heavy atom. The molecule has 2 aromatic rings. The quantitative estimate of drug-likeness (QED) is 0.927. The highest BCUT2D eigenvalue weighted by Crippen LogP contribution is 2.54. The Labute approximate surface area is 134 Å². The Hall–Kier alpha value is -2.05. The number of benzene rings is 2. The van der Waals surface area contributed by atoms with Crippen LogP contribution in [0, 0.1) is 5.92 Å². The molecule has 0 unspecified atom stereocenters. The SMILES string of the molecule is O=S(=O)(c1ccccc1)[C@@H]1[C@H](CO)[C@H]1c1ccc2c(c1)OCO2. The Balaban J connectivity index is 1.68. The first kappa shape index (κ1) is 14.5. The number of hydrogen-bond donors (Lipinski definition) is 1. The summed E-state index contributed by atoms with van der Waals surface area (Å²) in [5, 5.41) is 8.99. The van der Waals surface area contributed by atoms with Crippen molar-refractivity contribution < 1.29 is 23.0 Å². The molecule has 23 heavy (non-hydrogen) atoms. The van der Waals surface area contributed by atoms with Crippen LogP contribution < -0.4 is 9.47 Å². The molecule has 0 saturated heterocycles. The van der Waals surface area contributed by atoms with Crippen LogP contribution in [0.4, 0.5) is 0 Å². The van der Waals surface area contributed by atoms with Crippen molar-refractivity contribution in [2.45, 2.75) is 16.1 Å². The van der Waals surface area contributed by atoms with E-state index >= 15 is 0 Å². The standard InChI is InChI=1S/C17H16O5S/c18-9-13-16(11-6-7-14-15(8-11)22-10-21-14)17(13)23(19,20)12-4-2-1-3-5-12/h1-8,13,16-18H,9-10H2/t13-,16-,17-/m1/s1. The molecule has 1 heterocycles. The molecule has 6 heteroatoms. The van der Waals surface area contributed by atoms with E-state index in [0.717, 1.165) is 5.56 Å². The van der Waals surface area contributed by atoms with Crippen LogP contribution in [-0.4, -0.2) is 32.2 Å². The van der Waals surface area contributed by atoms with Crippen molar-refractivity contribution in [1.82, 2.24) is 0 Å². The van der Waals surface area contributed by atoms with E-state index in [2.05, 4.69) is 0 Å². The largest absolute Gasteiger partial charge is 0.454 e. The van der Waals surface area contributed by atoms with E-state index in [-0.39, 0.29) is 25.2 Å². The van der Waals surface area contributed by atoms with Crippen molar-refractivity contribution >= 4 is 9.84 Å². The number of aliphatic hydroxyl groups excluding tert-OH is 1. The summed E-state index contributed by atoms with van der Waals surface area (Å²) in [7, 11) is -3.47. The molecule has 0 radical (unpaired) electrons. The maximum absolute atomic E-state index is 12.8. The minimum Gasteiger partial charge on any atom is -0.454 e. The van der Waals surface area contributed by atoms with Crippen molar-refractivity contribution in [3.63, 3.8) is 0 Å². The second kappa shape index (κ2) is 5.25. The summed E-state index contributed by atoms with van der Waals surface area (Å²) in [5.74, 6) is 0.777. The summed E-state index contributed by atoms with van der Waals surface area (Å²) in [6.45, 7) is 0.0223. The van der Waals surface area contributed by atoms with Crippen molar-refractivity contribution in [2.24, 2.45) is 5.92 Å². The first-order valence-corrected chi connectivity index (χ1v) is 8.97. The summed E-state index contributed by atoms with van der Waals surface area (Å²) < 4.78 is 36.3. The van der Waals surface area contributed by atoms with Gasteiger partial charge in [-0.05, 0) is 29.8 Å². The van der Waals surface area contributed by atoms with Gasteiger partial charge in [0.2, 0.25) is 6.79 Å². The van der Waals surface area contributed by atoms with Gasteiger partial charge in [0.05, 0.1) is 10.1 Å². The maximum Gasteiger partial charge on any atom is 0.231 e. The second-order valence-corrected chi connectivity index (χ2v) is 7.91. The van der Waals surface area contributed by atoms with Crippen molar-refractivity contribution in [1.29, 1.82) is 0 Å². The smallest absolute Gasteiger partial charge is 0.231 e. The Morgan fingerprint density at radius 2 is 1.78 bits per heavy atom. The van der Waals surface area contributed by atoms with Gasteiger partial charge in [-0.15, -0.1) is 0 Å². The third-order valence-corrected chi connectivity index (χ3v) is 6.81. The number of fused-ring (bicyclic) bond motifs is 1. The summed E-state index contributed by atoms with van der Waals surface area (Å²) in [4.78, 5) is 0.298. The van der Waals surface area contributed by atoms with Gasteiger partial charge in [0.15, 0.2) is 21.3 Å². The monoisotopic (exact) mass is 332 g/mol.